The molecule has 0 amide bonds. The molecule has 1 aromatic heterocycles. The van der Waals surface area contributed by atoms with Crippen molar-refractivity contribution in [2.75, 3.05) is 0 Å². The first-order valence-corrected chi connectivity index (χ1v) is 4.19. The van der Waals surface area contributed by atoms with Crippen molar-refractivity contribution in [1.29, 1.82) is 5.26 Å². The van der Waals surface area contributed by atoms with Gasteiger partial charge in [-0.3, -0.25) is 0 Å². The second-order valence-corrected chi connectivity index (χ2v) is 3.00. The van der Waals surface area contributed by atoms with E-state index >= 15 is 0 Å². The first-order valence-electron chi connectivity index (χ1n) is 4.19. The van der Waals surface area contributed by atoms with Crippen molar-refractivity contribution in [3.8, 4) is 6.07 Å². The average molecular weight is 254 g/mol. The number of halogens is 6. The Morgan fingerprint density at radius 3 is 2.35 bits per heavy atom. The highest BCUT2D eigenvalue weighted by atomic mass is 19.4. The third kappa shape index (κ3) is 2.87. The number of rotatable bonds is 2. The number of nitrogens with zero attached hydrogens (tertiary/aromatic N) is 2. The molecule has 1 heterocycles. The second-order valence-electron chi connectivity index (χ2n) is 3.00. The van der Waals surface area contributed by atoms with Gasteiger partial charge in [-0.1, -0.05) is 0 Å². The zero-order valence-corrected chi connectivity index (χ0v) is 8.02. The van der Waals surface area contributed by atoms with Crippen LogP contribution in [-0.2, 0) is 12.6 Å². The normalized spacial score (nSPS) is 11.6. The van der Waals surface area contributed by atoms with Crippen LogP contribution in [0, 0.1) is 17.3 Å². The molecule has 17 heavy (non-hydrogen) atoms. The predicted molar refractivity (Wildman–Crippen MR) is 43.5 cm³/mol. The van der Waals surface area contributed by atoms with E-state index in [9.17, 15) is 26.3 Å². The summed E-state index contributed by atoms with van der Waals surface area (Å²) >= 11 is 0. The third-order valence-electron chi connectivity index (χ3n) is 1.85. The van der Waals surface area contributed by atoms with E-state index in [-0.39, 0.29) is 6.07 Å². The van der Waals surface area contributed by atoms with E-state index in [0.717, 1.165) is 0 Å². The minimum absolute atomic E-state index is 0.258. The SMILES string of the molecule is N#CCc1cc(C(F)(F)F)c(C(F)F)c(F)n1. The van der Waals surface area contributed by atoms with Crippen molar-refractivity contribution < 1.29 is 26.3 Å². The maximum absolute atomic E-state index is 13.0. The van der Waals surface area contributed by atoms with E-state index in [1.54, 1.807) is 0 Å². The lowest BCUT2D eigenvalue weighted by atomic mass is 10.1. The van der Waals surface area contributed by atoms with Crippen molar-refractivity contribution in [2.24, 2.45) is 0 Å². The van der Waals surface area contributed by atoms with Crippen LogP contribution in [0.3, 0.4) is 0 Å². The second kappa shape index (κ2) is 4.61. The topological polar surface area (TPSA) is 36.7 Å². The van der Waals surface area contributed by atoms with E-state index < -0.39 is 41.8 Å². The summed E-state index contributed by atoms with van der Waals surface area (Å²) < 4.78 is 74.8. The molecule has 0 atom stereocenters. The van der Waals surface area contributed by atoms with Gasteiger partial charge in [0.2, 0.25) is 5.95 Å². The number of hydrogen-bond donors (Lipinski definition) is 0. The van der Waals surface area contributed by atoms with Crippen LogP contribution >= 0.6 is 0 Å². The predicted octanol–water partition coefficient (Wildman–Crippen LogP) is 3.24. The first kappa shape index (κ1) is 13.3. The zero-order valence-electron chi connectivity index (χ0n) is 8.02. The molecule has 0 fully saturated rings. The number of pyridine rings is 1. The minimum atomic E-state index is -5.13. The summed E-state index contributed by atoms with van der Waals surface area (Å²) in [6, 6.07) is 1.71. The van der Waals surface area contributed by atoms with Crippen molar-refractivity contribution in [3.05, 3.63) is 28.8 Å². The minimum Gasteiger partial charge on any atom is -0.223 e. The molecular formula is C9H4F6N2. The molecule has 0 saturated carbocycles. The molecule has 0 bridgehead atoms. The van der Waals surface area contributed by atoms with Gasteiger partial charge < -0.3 is 0 Å². The maximum Gasteiger partial charge on any atom is 0.417 e. The van der Waals surface area contributed by atoms with Crippen molar-refractivity contribution in [2.45, 2.75) is 19.0 Å². The lowest BCUT2D eigenvalue weighted by molar-refractivity contribution is -0.140. The van der Waals surface area contributed by atoms with E-state index in [4.69, 9.17) is 5.26 Å². The Balaban J connectivity index is 3.46. The molecule has 0 saturated heterocycles. The van der Waals surface area contributed by atoms with E-state index in [1.165, 1.54) is 6.07 Å². The number of hydrogen-bond acceptors (Lipinski definition) is 2. The van der Waals surface area contributed by atoms with Crippen LogP contribution in [0.25, 0.3) is 0 Å². The van der Waals surface area contributed by atoms with E-state index in [0.29, 0.717) is 0 Å². The Bertz CT molecular complexity index is 460. The fourth-order valence-corrected chi connectivity index (χ4v) is 1.19. The maximum atomic E-state index is 13.0. The first-order chi connectivity index (χ1) is 7.77. The summed E-state index contributed by atoms with van der Waals surface area (Å²) in [5.74, 6) is -1.90. The average Bonchev–Trinajstić information content (AvgIpc) is 2.15. The standard InChI is InChI=1S/C9H4F6N2/c10-7(11)6-5(9(13,14)15)3-4(1-2-16)17-8(6)12/h3,7H,1H2. The molecule has 1 rings (SSSR count). The molecule has 1 aromatic rings. The van der Waals surface area contributed by atoms with Crippen molar-refractivity contribution in [3.63, 3.8) is 0 Å². The van der Waals surface area contributed by atoms with Gasteiger partial charge >= 0.3 is 6.18 Å². The summed E-state index contributed by atoms with van der Waals surface area (Å²) in [7, 11) is 0. The number of nitriles is 1. The Labute approximate surface area is 91.5 Å². The zero-order chi connectivity index (χ0) is 13.2. The lowest BCUT2D eigenvalue weighted by Crippen LogP contribution is -2.14. The highest BCUT2D eigenvalue weighted by molar-refractivity contribution is 5.32. The van der Waals surface area contributed by atoms with E-state index in [2.05, 4.69) is 4.98 Å². The fraction of sp³-hybridized carbons (Fsp3) is 0.333. The monoisotopic (exact) mass is 254 g/mol. The van der Waals surface area contributed by atoms with Gasteiger partial charge in [-0.25, -0.2) is 13.8 Å². The Morgan fingerprint density at radius 1 is 1.35 bits per heavy atom. The largest absolute Gasteiger partial charge is 0.417 e. The molecule has 0 aliphatic heterocycles. The molecule has 92 valence electrons. The van der Waals surface area contributed by atoms with Crippen molar-refractivity contribution in [1.82, 2.24) is 4.98 Å². The highest BCUT2D eigenvalue weighted by Gasteiger charge is 2.38. The molecule has 0 spiro atoms. The number of alkyl halides is 5. The molecule has 2 nitrogen and oxygen atoms in total. The lowest BCUT2D eigenvalue weighted by Gasteiger charge is -2.13. The molecule has 0 aliphatic carbocycles. The van der Waals surface area contributed by atoms with Gasteiger partial charge in [-0.05, 0) is 6.07 Å². The highest BCUT2D eigenvalue weighted by Crippen LogP contribution is 2.37. The van der Waals surface area contributed by atoms with Gasteiger partial charge in [0.1, 0.15) is 0 Å². The van der Waals surface area contributed by atoms with Crippen LogP contribution in [-0.4, -0.2) is 4.98 Å². The quantitative estimate of drug-likeness (QED) is 0.600. The van der Waals surface area contributed by atoms with Gasteiger partial charge in [0.25, 0.3) is 6.43 Å². The van der Waals surface area contributed by atoms with Crippen LogP contribution in [0.4, 0.5) is 26.3 Å². The van der Waals surface area contributed by atoms with Crippen LogP contribution in [0.2, 0.25) is 0 Å². The van der Waals surface area contributed by atoms with Gasteiger partial charge in [0.15, 0.2) is 0 Å². The number of aromatic nitrogens is 1. The molecule has 8 heteroatoms. The summed E-state index contributed by atoms with van der Waals surface area (Å²) in [6.07, 6.45) is -9.35. The molecular weight excluding hydrogens is 250 g/mol. The van der Waals surface area contributed by atoms with Crippen molar-refractivity contribution >= 4 is 0 Å². The molecule has 0 N–H and O–H groups in total. The Morgan fingerprint density at radius 2 is 1.94 bits per heavy atom. The Kier molecular flexibility index (Phi) is 3.60. The van der Waals surface area contributed by atoms with Gasteiger partial charge in [0.05, 0.1) is 29.3 Å². The Hall–Kier alpha value is -1.78. The van der Waals surface area contributed by atoms with Gasteiger partial charge in [-0.2, -0.15) is 22.8 Å². The summed E-state index contributed by atoms with van der Waals surface area (Å²) in [6.45, 7) is 0. The van der Waals surface area contributed by atoms with Gasteiger partial charge in [-0.15, -0.1) is 0 Å². The van der Waals surface area contributed by atoms with Crippen LogP contribution in [0.5, 0.6) is 0 Å². The molecule has 0 aromatic carbocycles. The van der Waals surface area contributed by atoms with Gasteiger partial charge in [0, 0.05) is 0 Å². The smallest absolute Gasteiger partial charge is 0.223 e. The van der Waals surface area contributed by atoms with E-state index in [1.807, 2.05) is 0 Å². The summed E-state index contributed by atoms with van der Waals surface area (Å²) in [5, 5.41) is 8.24. The van der Waals surface area contributed by atoms with Crippen LogP contribution in [0.1, 0.15) is 23.2 Å². The third-order valence-corrected chi connectivity index (χ3v) is 1.85. The molecule has 0 aliphatic rings. The fourth-order valence-electron chi connectivity index (χ4n) is 1.19. The molecule has 0 radical (unpaired) electrons. The molecule has 0 unspecified atom stereocenters. The summed E-state index contributed by atoms with van der Waals surface area (Å²) in [4.78, 5) is 2.89. The summed E-state index contributed by atoms with van der Waals surface area (Å²) in [5.41, 5.74) is -4.13. The van der Waals surface area contributed by atoms with Crippen LogP contribution < -0.4 is 0 Å². The van der Waals surface area contributed by atoms with Crippen LogP contribution in [0.15, 0.2) is 6.07 Å².